The van der Waals surface area contributed by atoms with Gasteiger partial charge in [0.05, 0.1) is 6.42 Å². The van der Waals surface area contributed by atoms with Crippen LogP contribution in [0.3, 0.4) is 0 Å². The van der Waals surface area contributed by atoms with Crippen molar-refractivity contribution in [1.29, 1.82) is 0 Å². The zero-order valence-electron chi connectivity index (χ0n) is 11.9. The van der Waals surface area contributed by atoms with Crippen LogP contribution in [0, 0.1) is 0 Å². The number of Topliss-reactive ketones (excluding diaryl/α,β-unsaturated/α-hetero) is 1. The molecule has 0 heterocycles. The Kier molecular flexibility index (Phi) is 4.99. The van der Waals surface area contributed by atoms with Crippen LogP contribution in [0.4, 0.5) is 0 Å². The molecule has 0 spiro atoms. The van der Waals surface area contributed by atoms with Crippen molar-refractivity contribution in [2.24, 2.45) is 15.9 Å². The van der Waals surface area contributed by atoms with Gasteiger partial charge in [0, 0.05) is 16.8 Å². The van der Waals surface area contributed by atoms with Crippen LogP contribution in [0.25, 0.3) is 0 Å². The number of hydrogen-bond donors (Lipinski definition) is 1. The van der Waals surface area contributed by atoms with Gasteiger partial charge in [0.1, 0.15) is 0 Å². The molecule has 0 saturated heterocycles. The van der Waals surface area contributed by atoms with E-state index in [1.165, 1.54) is 0 Å². The molecule has 0 aliphatic rings. The summed E-state index contributed by atoms with van der Waals surface area (Å²) in [6.07, 6.45) is 0.232. The summed E-state index contributed by atoms with van der Waals surface area (Å²) in [5.41, 5.74) is 7.95. The Morgan fingerprint density at radius 3 is 2.00 bits per heavy atom. The Hall–Kier alpha value is -2.75. The number of nitrogens with zero attached hydrogens (tertiary/aromatic N) is 2. The molecule has 0 aliphatic carbocycles. The number of carbonyl (C=O) groups excluding carboxylic acids is 1. The second-order valence-corrected chi connectivity index (χ2v) is 4.65. The Balaban J connectivity index is 2.03. The molecule has 4 nitrogen and oxygen atoms in total. The molecule has 2 N–H and O–H groups in total. The van der Waals surface area contributed by atoms with Gasteiger partial charge in [-0.1, -0.05) is 60.7 Å². The van der Waals surface area contributed by atoms with E-state index in [0.717, 1.165) is 5.56 Å². The fraction of sp³-hybridized carbons (Fsp3) is 0.118. The van der Waals surface area contributed by atoms with E-state index in [9.17, 15) is 4.79 Å². The maximum absolute atomic E-state index is 12.0. The molecule has 21 heavy (non-hydrogen) atoms. The van der Waals surface area contributed by atoms with E-state index in [1.54, 1.807) is 19.1 Å². The summed E-state index contributed by atoms with van der Waals surface area (Å²) in [6, 6.07) is 18.5. The molecule has 0 bridgehead atoms. The lowest BCUT2D eigenvalue weighted by atomic mass is 10.1. The molecule has 106 valence electrons. The number of benzene rings is 2. The average molecular weight is 279 g/mol. The zero-order valence-corrected chi connectivity index (χ0v) is 11.9. The lowest BCUT2D eigenvalue weighted by Gasteiger charge is -2.00. The molecular weight excluding hydrogens is 262 g/mol. The summed E-state index contributed by atoms with van der Waals surface area (Å²) in [4.78, 5) is 12.0. The fourth-order valence-electron chi connectivity index (χ4n) is 1.80. The van der Waals surface area contributed by atoms with Gasteiger partial charge in [0.25, 0.3) is 0 Å². The summed E-state index contributed by atoms with van der Waals surface area (Å²) in [7, 11) is 0. The van der Waals surface area contributed by atoms with Crippen molar-refractivity contribution in [2.45, 2.75) is 13.3 Å². The summed E-state index contributed by atoms with van der Waals surface area (Å²) < 4.78 is 0. The molecule has 0 unspecified atom stereocenters. The van der Waals surface area contributed by atoms with Crippen LogP contribution in [0.5, 0.6) is 0 Å². The minimum Gasteiger partial charge on any atom is -0.382 e. The Morgan fingerprint density at radius 1 is 0.905 bits per heavy atom. The molecule has 0 amide bonds. The third-order valence-corrected chi connectivity index (χ3v) is 2.91. The van der Waals surface area contributed by atoms with Crippen LogP contribution >= 0.6 is 0 Å². The highest BCUT2D eigenvalue weighted by atomic mass is 16.1. The second-order valence-electron chi connectivity index (χ2n) is 4.65. The van der Waals surface area contributed by atoms with Gasteiger partial charge in [-0.25, -0.2) is 0 Å². The maximum atomic E-state index is 12.0. The van der Waals surface area contributed by atoms with Crippen molar-refractivity contribution >= 4 is 17.3 Å². The van der Waals surface area contributed by atoms with Crippen molar-refractivity contribution < 1.29 is 4.79 Å². The number of amidine groups is 1. The zero-order chi connectivity index (χ0) is 15.1. The van der Waals surface area contributed by atoms with Crippen LogP contribution in [0.15, 0.2) is 70.9 Å². The van der Waals surface area contributed by atoms with E-state index < -0.39 is 0 Å². The Bertz CT molecular complexity index is 661. The van der Waals surface area contributed by atoms with E-state index in [2.05, 4.69) is 10.2 Å². The predicted octanol–water partition coefficient (Wildman–Crippen LogP) is 3.04. The van der Waals surface area contributed by atoms with Crippen molar-refractivity contribution in [3.05, 3.63) is 71.8 Å². The quantitative estimate of drug-likeness (QED) is 0.395. The predicted molar refractivity (Wildman–Crippen MR) is 85.7 cm³/mol. The highest BCUT2D eigenvalue weighted by Crippen LogP contribution is 2.04. The lowest BCUT2D eigenvalue weighted by molar-refractivity contribution is 0.100. The first-order valence-electron chi connectivity index (χ1n) is 6.67. The van der Waals surface area contributed by atoms with Gasteiger partial charge in [-0.2, -0.15) is 5.10 Å². The van der Waals surface area contributed by atoms with E-state index in [1.807, 2.05) is 48.5 Å². The van der Waals surface area contributed by atoms with E-state index >= 15 is 0 Å². The summed E-state index contributed by atoms with van der Waals surface area (Å²) >= 11 is 0. The van der Waals surface area contributed by atoms with Crippen LogP contribution in [0.1, 0.15) is 29.3 Å². The van der Waals surface area contributed by atoms with Crippen LogP contribution < -0.4 is 5.73 Å². The summed E-state index contributed by atoms with van der Waals surface area (Å²) in [6.45, 7) is 1.77. The minimum absolute atomic E-state index is 0.0188. The van der Waals surface area contributed by atoms with Crippen molar-refractivity contribution in [3.8, 4) is 0 Å². The average Bonchev–Trinajstić information content (AvgIpc) is 2.54. The first kappa shape index (κ1) is 14.7. The van der Waals surface area contributed by atoms with E-state index in [0.29, 0.717) is 17.1 Å². The van der Waals surface area contributed by atoms with Gasteiger partial charge in [-0.15, -0.1) is 5.10 Å². The van der Waals surface area contributed by atoms with Gasteiger partial charge < -0.3 is 5.73 Å². The SMILES string of the molecule is C/C(CC(=O)c1ccccc1)=N/N=C(N)c1ccccc1. The molecule has 2 aromatic rings. The first-order valence-corrected chi connectivity index (χ1v) is 6.67. The fourth-order valence-corrected chi connectivity index (χ4v) is 1.80. The Labute approximate surface area is 124 Å². The van der Waals surface area contributed by atoms with E-state index in [-0.39, 0.29) is 12.2 Å². The third-order valence-electron chi connectivity index (χ3n) is 2.91. The number of carbonyl (C=O) groups is 1. The van der Waals surface area contributed by atoms with E-state index in [4.69, 9.17) is 5.73 Å². The molecule has 2 aromatic carbocycles. The molecule has 0 radical (unpaired) electrons. The van der Waals surface area contributed by atoms with Gasteiger partial charge in [-0.3, -0.25) is 4.79 Å². The van der Waals surface area contributed by atoms with Gasteiger partial charge in [0.15, 0.2) is 11.6 Å². The van der Waals surface area contributed by atoms with Crippen molar-refractivity contribution in [2.75, 3.05) is 0 Å². The number of rotatable bonds is 5. The topological polar surface area (TPSA) is 67.8 Å². The molecule has 0 atom stereocenters. The van der Waals surface area contributed by atoms with Crippen LogP contribution in [-0.4, -0.2) is 17.3 Å². The molecule has 2 rings (SSSR count). The largest absolute Gasteiger partial charge is 0.382 e. The maximum Gasteiger partial charge on any atom is 0.168 e. The summed E-state index contributed by atoms with van der Waals surface area (Å²) in [5.74, 6) is 0.354. The number of hydrogen-bond acceptors (Lipinski definition) is 3. The van der Waals surface area contributed by atoms with Gasteiger partial charge in [0.2, 0.25) is 0 Å². The van der Waals surface area contributed by atoms with Gasteiger partial charge >= 0.3 is 0 Å². The number of nitrogens with two attached hydrogens (primary N) is 1. The highest BCUT2D eigenvalue weighted by molar-refractivity contribution is 6.09. The molecule has 0 fully saturated rings. The summed E-state index contributed by atoms with van der Waals surface area (Å²) in [5, 5.41) is 8.00. The lowest BCUT2D eigenvalue weighted by Crippen LogP contribution is -2.13. The van der Waals surface area contributed by atoms with Gasteiger partial charge in [-0.05, 0) is 6.92 Å². The smallest absolute Gasteiger partial charge is 0.168 e. The molecular formula is C17H17N3O. The molecule has 0 aliphatic heterocycles. The van der Waals surface area contributed by atoms with Crippen LogP contribution in [0.2, 0.25) is 0 Å². The highest BCUT2D eigenvalue weighted by Gasteiger charge is 2.06. The second kappa shape index (κ2) is 7.14. The normalized spacial score (nSPS) is 12.2. The minimum atomic E-state index is 0.0188. The van der Waals surface area contributed by atoms with Crippen LogP contribution in [-0.2, 0) is 0 Å². The number of ketones is 1. The Morgan fingerprint density at radius 2 is 1.43 bits per heavy atom. The first-order chi connectivity index (χ1) is 10.2. The van der Waals surface area contributed by atoms with Crippen molar-refractivity contribution in [1.82, 2.24) is 0 Å². The van der Waals surface area contributed by atoms with Crippen molar-refractivity contribution in [3.63, 3.8) is 0 Å². The molecule has 4 heteroatoms. The standard InChI is InChI=1S/C17H17N3O/c1-13(12-16(21)14-8-4-2-5-9-14)19-20-17(18)15-10-6-3-7-11-15/h2-11H,12H2,1H3,(H2,18,20)/b19-13-. The molecule has 0 aromatic heterocycles. The molecule has 0 saturated carbocycles. The third kappa shape index (κ3) is 4.38. The monoisotopic (exact) mass is 279 g/mol.